The number of aryl methyl sites for hydroxylation is 1. The second kappa shape index (κ2) is 11.6. The molecule has 0 radical (unpaired) electrons. The van der Waals surface area contributed by atoms with Crippen LogP contribution in [0.2, 0.25) is 0 Å². The summed E-state index contributed by atoms with van der Waals surface area (Å²) in [6.45, 7) is 3.25. The molecule has 1 amide bonds. The van der Waals surface area contributed by atoms with Crippen LogP contribution in [-0.4, -0.2) is 35.3 Å². The van der Waals surface area contributed by atoms with Crippen molar-refractivity contribution in [3.05, 3.63) is 120 Å². The zero-order chi connectivity index (χ0) is 29.1. The topological polar surface area (TPSA) is 119 Å². The molecule has 1 aromatic heterocycles. The molecule has 9 nitrogen and oxygen atoms in total. The maximum Gasteiger partial charge on any atom is 0.341 e. The molecule has 1 aliphatic heterocycles. The van der Waals surface area contributed by atoms with E-state index in [4.69, 9.17) is 14.6 Å². The lowest BCUT2D eigenvalue weighted by atomic mass is 9.94. The Morgan fingerprint density at radius 3 is 2.49 bits per heavy atom. The van der Waals surface area contributed by atoms with Crippen LogP contribution in [0.4, 0.5) is 5.69 Å². The first-order chi connectivity index (χ1) is 19.7. The van der Waals surface area contributed by atoms with Gasteiger partial charge >= 0.3 is 5.97 Å². The molecule has 0 saturated heterocycles. The standard InChI is InChI=1S/C31H27N3O6S/c1-18-9-12-21(16-24(18)39-3)28-27(29(37)33-22-7-5-4-6-8-22)19(2)32-31-34(28)30(38)25(41-31)15-20-10-13-23(14-11-20)40-17-26(35)36/h4-16,28H,17H2,1-3H3,(H,33,37)(H,35,36)/b25-15-/t28-/m0/s1. The van der Waals surface area contributed by atoms with Crippen molar-refractivity contribution < 1.29 is 24.2 Å². The highest BCUT2D eigenvalue weighted by molar-refractivity contribution is 7.07. The van der Waals surface area contributed by atoms with Gasteiger partial charge in [0.25, 0.3) is 11.5 Å². The number of para-hydroxylation sites is 1. The summed E-state index contributed by atoms with van der Waals surface area (Å²) in [5.41, 5.74) is 3.58. The average molecular weight is 570 g/mol. The smallest absolute Gasteiger partial charge is 0.341 e. The number of ether oxygens (including phenoxy) is 2. The quantitative estimate of drug-likeness (QED) is 0.334. The molecule has 10 heteroatoms. The van der Waals surface area contributed by atoms with E-state index in [1.54, 1.807) is 61.1 Å². The van der Waals surface area contributed by atoms with Crippen LogP contribution in [-0.2, 0) is 9.59 Å². The van der Waals surface area contributed by atoms with Crippen molar-refractivity contribution >= 4 is 35.0 Å². The van der Waals surface area contributed by atoms with E-state index in [-0.39, 0.29) is 11.5 Å². The summed E-state index contributed by atoms with van der Waals surface area (Å²) < 4.78 is 12.7. The molecule has 0 saturated carbocycles. The Morgan fingerprint density at radius 1 is 1.07 bits per heavy atom. The van der Waals surface area contributed by atoms with E-state index < -0.39 is 18.6 Å². The Labute approximate surface area is 239 Å². The average Bonchev–Trinajstić information content (AvgIpc) is 3.26. The third-order valence-electron chi connectivity index (χ3n) is 6.59. The van der Waals surface area contributed by atoms with E-state index in [1.165, 1.54) is 11.3 Å². The maximum atomic E-state index is 13.9. The lowest BCUT2D eigenvalue weighted by Gasteiger charge is -2.26. The number of carboxylic acid groups (broad SMARTS) is 1. The van der Waals surface area contributed by atoms with E-state index in [9.17, 15) is 14.4 Å². The Balaban J connectivity index is 1.61. The van der Waals surface area contributed by atoms with Crippen LogP contribution in [0.15, 0.2) is 93.9 Å². The van der Waals surface area contributed by atoms with Crippen LogP contribution < -0.4 is 29.7 Å². The number of thiazole rings is 1. The minimum Gasteiger partial charge on any atom is -0.496 e. The number of allylic oxidation sites excluding steroid dienone is 1. The van der Waals surface area contributed by atoms with Gasteiger partial charge in [0.05, 0.1) is 29.0 Å². The van der Waals surface area contributed by atoms with Crippen molar-refractivity contribution in [2.75, 3.05) is 19.0 Å². The first-order valence-corrected chi connectivity index (χ1v) is 13.5. The molecule has 0 unspecified atom stereocenters. The number of methoxy groups -OCH3 is 1. The molecule has 4 aromatic rings. The summed E-state index contributed by atoms with van der Waals surface area (Å²) in [5.74, 6) is -0.368. The molecule has 2 N–H and O–H groups in total. The van der Waals surface area contributed by atoms with Gasteiger partial charge in [-0.25, -0.2) is 9.79 Å². The summed E-state index contributed by atoms with van der Waals surface area (Å²) in [4.78, 5) is 43.5. The Hall–Kier alpha value is -4.96. The second-order valence-corrected chi connectivity index (χ2v) is 10.4. The van der Waals surface area contributed by atoms with Gasteiger partial charge in [0.15, 0.2) is 11.4 Å². The Kier molecular flexibility index (Phi) is 7.84. The molecule has 0 spiro atoms. The largest absolute Gasteiger partial charge is 0.496 e. The van der Waals surface area contributed by atoms with E-state index in [0.29, 0.717) is 43.4 Å². The van der Waals surface area contributed by atoms with Crippen molar-refractivity contribution in [3.63, 3.8) is 0 Å². The number of nitrogens with zero attached hydrogens (tertiary/aromatic N) is 2. The van der Waals surface area contributed by atoms with Gasteiger partial charge in [-0.05, 0) is 66.9 Å². The minimum absolute atomic E-state index is 0.290. The number of carbonyl (C=O) groups is 2. The predicted molar refractivity (Wildman–Crippen MR) is 156 cm³/mol. The number of rotatable bonds is 8. The number of amides is 1. The van der Waals surface area contributed by atoms with Crippen LogP contribution in [0.5, 0.6) is 11.5 Å². The van der Waals surface area contributed by atoms with E-state index >= 15 is 0 Å². The van der Waals surface area contributed by atoms with Crippen molar-refractivity contribution in [3.8, 4) is 11.5 Å². The number of aliphatic carboxylic acids is 1. The molecule has 3 aromatic carbocycles. The van der Waals surface area contributed by atoms with Crippen molar-refractivity contribution in [2.45, 2.75) is 19.9 Å². The van der Waals surface area contributed by atoms with Gasteiger partial charge in [-0.1, -0.05) is 53.8 Å². The second-order valence-electron chi connectivity index (χ2n) is 9.38. The van der Waals surface area contributed by atoms with E-state index in [0.717, 1.165) is 11.1 Å². The molecule has 0 aliphatic carbocycles. The first kappa shape index (κ1) is 27.6. The summed E-state index contributed by atoms with van der Waals surface area (Å²) in [6.07, 6.45) is 1.74. The first-order valence-electron chi connectivity index (χ1n) is 12.7. The number of hydrogen-bond acceptors (Lipinski definition) is 7. The number of hydrogen-bond donors (Lipinski definition) is 2. The zero-order valence-electron chi connectivity index (χ0n) is 22.6. The van der Waals surface area contributed by atoms with Crippen LogP contribution in [0, 0.1) is 6.92 Å². The number of anilines is 1. The third-order valence-corrected chi connectivity index (χ3v) is 7.57. The Bertz CT molecular complexity index is 1840. The van der Waals surface area contributed by atoms with Gasteiger partial charge in [0.1, 0.15) is 11.5 Å². The zero-order valence-corrected chi connectivity index (χ0v) is 23.4. The summed E-state index contributed by atoms with van der Waals surface area (Å²) in [7, 11) is 1.58. The number of benzene rings is 3. The molecule has 0 fully saturated rings. The van der Waals surface area contributed by atoms with Crippen molar-refractivity contribution in [1.29, 1.82) is 0 Å². The fourth-order valence-corrected chi connectivity index (χ4v) is 5.66. The van der Waals surface area contributed by atoms with Crippen LogP contribution in [0.25, 0.3) is 6.08 Å². The summed E-state index contributed by atoms with van der Waals surface area (Å²) in [5, 5.41) is 11.8. The van der Waals surface area contributed by atoms with E-state index in [1.807, 2.05) is 43.3 Å². The SMILES string of the molecule is COc1cc([C@H]2C(C(=O)Nc3ccccc3)=C(C)N=c3s/c(=C\c4ccc(OCC(=O)O)cc4)c(=O)n32)ccc1C. The molecular weight excluding hydrogens is 542 g/mol. The van der Waals surface area contributed by atoms with Gasteiger partial charge < -0.3 is 19.9 Å². The molecular formula is C31H27N3O6S. The molecule has 1 aliphatic rings. The highest BCUT2D eigenvalue weighted by Crippen LogP contribution is 2.33. The molecule has 1 atom stereocenters. The number of aromatic nitrogens is 1. The lowest BCUT2D eigenvalue weighted by molar-refractivity contribution is -0.139. The van der Waals surface area contributed by atoms with Crippen molar-refractivity contribution in [2.24, 2.45) is 4.99 Å². The van der Waals surface area contributed by atoms with E-state index in [2.05, 4.69) is 10.3 Å². The van der Waals surface area contributed by atoms with Gasteiger partial charge in [0.2, 0.25) is 0 Å². The third kappa shape index (κ3) is 5.82. The highest BCUT2D eigenvalue weighted by atomic mass is 32.1. The fraction of sp³-hybridized carbons (Fsp3) is 0.161. The predicted octanol–water partition coefficient (Wildman–Crippen LogP) is 3.65. The minimum atomic E-state index is -1.07. The molecule has 208 valence electrons. The molecule has 2 heterocycles. The lowest BCUT2D eigenvalue weighted by Crippen LogP contribution is -2.40. The normalized spacial score (nSPS) is 14.7. The number of carboxylic acids is 1. The van der Waals surface area contributed by atoms with Crippen LogP contribution in [0.1, 0.15) is 29.7 Å². The van der Waals surface area contributed by atoms with Crippen molar-refractivity contribution in [1.82, 2.24) is 4.57 Å². The summed E-state index contributed by atoms with van der Waals surface area (Å²) in [6, 6.07) is 20.8. The number of nitrogens with one attached hydrogen (secondary N) is 1. The van der Waals surface area contributed by atoms with Gasteiger partial charge in [-0.2, -0.15) is 0 Å². The summed E-state index contributed by atoms with van der Waals surface area (Å²) >= 11 is 1.23. The van der Waals surface area contributed by atoms with Crippen LogP contribution in [0.3, 0.4) is 0 Å². The highest BCUT2D eigenvalue weighted by Gasteiger charge is 2.33. The molecule has 0 bridgehead atoms. The van der Waals surface area contributed by atoms with Gasteiger partial charge in [-0.3, -0.25) is 14.2 Å². The molecule has 5 rings (SSSR count). The maximum absolute atomic E-state index is 13.9. The molecule has 41 heavy (non-hydrogen) atoms. The Morgan fingerprint density at radius 2 is 1.80 bits per heavy atom. The number of carbonyl (C=O) groups excluding carboxylic acids is 1. The van der Waals surface area contributed by atoms with Gasteiger partial charge in [0, 0.05) is 5.69 Å². The fourth-order valence-electron chi connectivity index (χ4n) is 4.61. The van der Waals surface area contributed by atoms with Gasteiger partial charge in [-0.15, -0.1) is 0 Å². The number of fused-ring (bicyclic) bond motifs is 1. The monoisotopic (exact) mass is 569 g/mol. The van der Waals surface area contributed by atoms with Crippen LogP contribution >= 0.6 is 11.3 Å².